The van der Waals surface area contributed by atoms with Crippen LogP contribution in [0.3, 0.4) is 0 Å². The molecule has 0 radical (unpaired) electrons. The van der Waals surface area contributed by atoms with E-state index < -0.39 is 11.6 Å². The van der Waals surface area contributed by atoms with E-state index in [9.17, 15) is 4.79 Å². The van der Waals surface area contributed by atoms with E-state index in [2.05, 4.69) is 11.9 Å². The number of aliphatic hydroxyl groups is 1. The number of ether oxygens (including phenoxy) is 1. The highest BCUT2D eigenvalue weighted by Crippen LogP contribution is 2.07. The molecule has 0 bridgehead atoms. The van der Waals surface area contributed by atoms with Crippen molar-refractivity contribution >= 4 is 6.09 Å². The van der Waals surface area contributed by atoms with Gasteiger partial charge in [0.1, 0.15) is 6.61 Å². The topological polar surface area (TPSA) is 58.6 Å². The summed E-state index contributed by atoms with van der Waals surface area (Å²) in [5, 5.41) is 11.5. The van der Waals surface area contributed by atoms with Gasteiger partial charge in [-0.05, 0) is 13.3 Å². The lowest BCUT2D eigenvalue weighted by Gasteiger charge is -2.26. The Morgan fingerprint density at radius 3 is 2.77 bits per heavy atom. The Morgan fingerprint density at radius 1 is 1.77 bits per heavy atom. The lowest BCUT2D eigenvalue weighted by molar-refractivity contribution is 0.122. The number of alkyl carbamates (subject to hydrolysis) is 1. The Labute approximate surface area is 78.6 Å². The average molecular weight is 187 g/mol. The SMILES string of the molecule is C=CCOC(=O)NC(C)(CC)CO. The van der Waals surface area contributed by atoms with E-state index in [1.807, 2.05) is 6.92 Å². The summed E-state index contributed by atoms with van der Waals surface area (Å²) in [7, 11) is 0. The molecule has 0 aliphatic heterocycles. The molecule has 76 valence electrons. The Kier molecular flexibility index (Phi) is 5.14. The maximum Gasteiger partial charge on any atom is 0.407 e. The van der Waals surface area contributed by atoms with E-state index in [-0.39, 0.29) is 13.2 Å². The van der Waals surface area contributed by atoms with Crippen LogP contribution >= 0.6 is 0 Å². The molecule has 0 aliphatic carbocycles. The van der Waals surface area contributed by atoms with Crippen molar-refractivity contribution < 1.29 is 14.6 Å². The molecule has 0 rings (SSSR count). The summed E-state index contributed by atoms with van der Waals surface area (Å²) < 4.78 is 4.71. The molecule has 0 heterocycles. The van der Waals surface area contributed by atoms with Crippen molar-refractivity contribution in [3.05, 3.63) is 12.7 Å². The molecule has 2 N–H and O–H groups in total. The van der Waals surface area contributed by atoms with Crippen molar-refractivity contribution in [1.82, 2.24) is 5.32 Å². The van der Waals surface area contributed by atoms with Gasteiger partial charge in [0.05, 0.1) is 12.1 Å². The highest BCUT2D eigenvalue weighted by atomic mass is 16.5. The third kappa shape index (κ3) is 4.52. The fourth-order valence-corrected chi connectivity index (χ4v) is 0.657. The Morgan fingerprint density at radius 2 is 2.38 bits per heavy atom. The molecule has 1 atom stereocenters. The van der Waals surface area contributed by atoms with Crippen LogP contribution < -0.4 is 5.32 Å². The fourth-order valence-electron chi connectivity index (χ4n) is 0.657. The van der Waals surface area contributed by atoms with Gasteiger partial charge in [-0.25, -0.2) is 4.79 Å². The predicted molar refractivity (Wildman–Crippen MR) is 50.5 cm³/mol. The Bertz CT molecular complexity index is 176. The van der Waals surface area contributed by atoms with Crippen LogP contribution in [0.2, 0.25) is 0 Å². The first kappa shape index (κ1) is 12.0. The second-order valence-electron chi connectivity index (χ2n) is 3.08. The zero-order chi connectivity index (χ0) is 10.3. The number of rotatable bonds is 5. The smallest absolute Gasteiger partial charge is 0.407 e. The summed E-state index contributed by atoms with van der Waals surface area (Å²) in [4.78, 5) is 11.0. The van der Waals surface area contributed by atoms with E-state index in [0.29, 0.717) is 6.42 Å². The van der Waals surface area contributed by atoms with Gasteiger partial charge >= 0.3 is 6.09 Å². The lowest BCUT2D eigenvalue weighted by atomic mass is 10.0. The minimum absolute atomic E-state index is 0.104. The Hall–Kier alpha value is -1.03. The van der Waals surface area contributed by atoms with Crippen molar-refractivity contribution in [3.63, 3.8) is 0 Å². The molecule has 0 spiro atoms. The third-order valence-electron chi connectivity index (χ3n) is 1.87. The standard InChI is InChI=1S/C9H17NO3/c1-4-6-13-8(12)10-9(3,5-2)7-11/h4,11H,1,5-7H2,2-3H3,(H,10,12). The fraction of sp³-hybridized carbons (Fsp3) is 0.667. The first-order valence-electron chi connectivity index (χ1n) is 4.24. The van der Waals surface area contributed by atoms with E-state index in [1.54, 1.807) is 6.92 Å². The maximum atomic E-state index is 11.0. The van der Waals surface area contributed by atoms with Gasteiger partial charge in [0.2, 0.25) is 0 Å². The van der Waals surface area contributed by atoms with E-state index in [1.165, 1.54) is 6.08 Å². The molecule has 0 saturated carbocycles. The molecule has 0 aliphatic rings. The second kappa shape index (κ2) is 5.59. The number of carbonyl (C=O) groups is 1. The molecular weight excluding hydrogens is 170 g/mol. The molecular formula is C9H17NO3. The van der Waals surface area contributed by atoms with Crippen LogP contribution in [0.1, 0.15) is 20.3 Å². The van der Waals surface area contributed by atoms with Gasteiger partial charge in [-0.15, -0.1) is 0 Å². The van der Waals surface area contributed by atoms with Crippen molar-refractivity contribution in [3.8, 4) is 0 Å². The largest absolute Gasteiger partial charge is 0.445 e. The molecule has 4 heteroatoms. The molecule has 0 aromatic heterocycles. The summed E-state index contributed by atoms with van der Waals surface area (Å²) in [5.74, 6) is 0. The summed E-state index contributed by atoms with van der Waals surface area (Å²) in [6, 6.07) is 0. The summed E-state index contributed by atoms with van der Waals surface area (Å²) >= 11 is 0. The molecule has 0 fully saturated rings. The number of amides is 1. The van der Waals surface area contributed by atoms with Crippen molar-refractivity contribution in [1.29, 1.82) is 0 Å². The highest BCUT2D eigenvalue weighted by molar-refractivity contribution is 5.68. The number of nitrogens with one attached hydrogen (secondary N) is 1. The molecule has 4 nitrogen and oxygen atoms in total. The van der Waals surface area contributed by atoms with Gasteiger partial charge in [0, 0.05) is 0 Å². The number of hydrogen-bond acceptors (Lipinski definition) is 3. The van der Waals surface area contributed by atoms with E-state index >= 15 is 0 Å². The molecule has 1 unspecified atom stereocenters. The van der Waals surface area contributed by atoms with Gasteiger partial charge in [-0.1, -0.05) is 19.6 Å². The van der Waals surface area contributed by atoms with Gasteiger partial charge in [-0.3, -0.25) is 0 Å². The lowest BCUT2D eigenvalue weighted by Crippen LogP contribution is -2.48. The quantitative estimate of drug-likeness (QED) is 0.633. The molecule has 0 saturated heterocycles. The highest BCUT2D eigenvalue weighted by Gasteiger charge is 2.23. The van der Waals surface area contributed by atoms with Crippen molar-refractivity contribution in [2.75, 3.05) is 13.2 Å². The van der Waals surface area contributed by atoms with Crippen LogP contribution in [0.15, 0.2) is 12.7 Å². The zero-order valence-corrected chi connectivity index (χ0v) is 8.17. The maximum absolute atomic E-state index is 11.0. The summed E-state index contributed by atoms with van der Waals surface area (Å²) in [6.07, 6.45) is 1.60. The zero-order valence-electron chi connectivity index (χ0n) is 8.17. The Balaban J connectivity index is 3.93. The minimum Gasteiger partial charge on any atom is -0.445 e. The van der Waals surface area contributed by atoms with Crippen molar-refractivity contribution in [2.45, 2.75) is 25.8 Å². The summed E-state index contributed by atoms with van der Waals surface area (Å²) in [6.45, 7) is 7.12. The first-order chi connectivity index (χ1) is 6.08. The number of carbonyl (C=O) groups excluding carboxylic acids is 1. The second-order valence-corrected chi connectivity index (χ2v) is 3.08. The molecule has 0 aromatic rings. The van der Waals surface area contributed by atoms with Crippen LogP contribution in [0.5, 0.6) is 0 Å². The van der Waals surface area contributed by atoms with Gasteiger partial charge in [0.15, 0.2) is 0 Å². The van der Waals surface area contributed by atoms with Crippen LogP contribution in [-0.2, 0) is 4.74 Å². The van der Waals surface area contributed by atoms with Gasteiger partial charge in [0.25, 0.3) is 0 Å². The van der Waals surface area contributed by atoms with Crippen LogP contribution in [0.4, 0.5) is 4.79 Å². The third-order valence-corrected chi connectivity index (χ3v) is 1.87. The van der Waals surface area contributed by atoms with Crippen LogP contribution in [-0.4, -0.2) is 30.0 Å². The van der Waals surface area contributed by atoms with E-state index in [4.69, 9.17) is 9.84 Å². The first-order valence-corrected chi connectivity index (χ1v) is 4.24. The predicted octanol–water partition coefficient (Wildman–Crippen LogP) is 1.06. The number of hydrogen-bond donors (Lipinski definition) is 2. The normalized spacial score (nSPS) is 14.4. The number of aliphatic hydroxyl groups excluding tert-OH is 1. The van der Waals surface area contributed by atoms with Crippen molar-refractivity contribution in [2.24, 2.45) is 0 Å². The summed E-state index contributed by atoms with van der Waals surface area (Å²) in [5.41, 5.74) is -0.599. The molecule has 0 aromatic carbocycles. The minimum atomic E-state index is -0.599. The van der Waals surface area contributed by atoms with E-state index in [0.717, 1.165) is 0 Å². The van der Waals surface area contributed by atoms with Gasteiger partial charge in [-0.2, -0.15) is 0 Å². The average Bonchev–Trinajstić information content (AvgIpc) is 2.14. The van der Waals surface area contributed by atoms with Gasteiger partial charge < -0.3 is 15.2 Å². The molecule has 13 heavy (non-hydrogen) atoms. The monoisotopic (exact) mass is 187 g/mol. The van der Waals surface area contributed by atoms with Crippen LogP contribution in [0, 0.1) is 0 Å². The van der Waals surface area contributed by atoms with Crippen LogP contribution in [0.25, 0.3) is 0 Å². The molecule has 1 amide bonds.